The Morgan fingerprint density at radius 1 is 0.829 bits per heavy atom. The minimum atomic E-state index is -0.470. The van der Waals surface area contributed by atoms with Crippen molar-refractivity contribution in [3.05, 3.63) is 48.0 Å². The molecule has 0 atom stereocenters. The van der Waals surface area contributed by atoms with Gasteiger partial charge in [-0.25, -0.2) is 4.79 Å². The summed E-state index contributed by atoms with van der Waals surface area (Å²) in [5.41, 5.74) is 0.639. The summed E-state index contributed by atoms with van der Waals surface area (Å²) < 4.78 is 5.27. The SMILES string of the molecule is CCCCCCCN(CCCCCCNC(=O)OC(C)(C)C)C(=O)Cc1cccc2ccccc12. The number of benzene rings is 2. The molecule has 0 aliphatic rings. The molecule has 2 aromatic rings. The van der Waals surface area contributed by atoms with Gasteiger partial charge in [0.05, 0.1) is 6.42 Å². The van der Waals surface area contributed by atoms with E-state index in [-0.39, 0.29) is 12.0 Å². The quantitative estimate of drug-likeness (QED) is 0.272. The highest BCUT2D eigenvalue weighted by Crippen LogP contribution is 2.20. The van der Waals surface area contributed by atoms with Crippen LogP contribution in [-0.2, 0) is 16.0 Å². The largest absolute Gasteiger partial charge is 0.444 e. The Balaban J connectivity index is 1.81. The molecular formula is C30H46N2O3. The lowest BCUT2D eigenvalue weighted by Gasteiger charge is -2.23. The van der Waals surface area contributed by atoms with Gasteiger partial charge in [0.15, 0.2) is 0 Å². The topological polar surface area (TPSA) is 58.6 Å². The standard InChI is InChI=1S/C30H46N2O3/c1-5-6-7-9-14-22-32(23-15-10-8-13-21-31-29(34)35-30(2,3)4)28(33)24-26-19-16-18-25-17-11-12-20-27(25)26/h11-12,16-20H,5-10,13-15,21-24H2,1-4H3,(H,31,34). The summed E-state index contributed by atoms with van der Waals surface area (Å²) in [6.07, 6.45) is 10.1. The molecule has 0 unspecified atom stereocenters. The zero-order chi connectivity index (χ0) is 25.5. The Hall–Kier alpha value is -2.56. The monoisotopic (exact) mass is 482 g/mol. The number of hydrogen-bond acceptors (Lipinski definition) is 3. The number of carbonyl (C=O) groups is 2. The summed E-state index contributed by atoms with van der Waals surface area (Å²) >= 11 is 0. The lowest BCUT2D eigenvalue weighted by atomic mass is 10.0. The van der Waals surface area contributed by atoms with Crippen molar-refractivity contribution in [1.29, 1.82) is 0 Å². The smallest absolute Gasteiger partial charge is 0.407 e. The van der Waals surface area contributed by atoms with Crippen molar-refractivity contribution in [2.45, 2.75) is 97.5 Å². The predicted molar refractivity (Wildman–Crippen MR) is 146 cm³/mol. The van der Waals surface area contributed by atoms with Crippen LogP contribution >= 0.6 is 0 Å². The summed E-state index contributed by atoms with van der Waals surface area (Å²) in [4.78, 5) is 27.1. The molecule has 5 nitrogen and oxygen atoms in total. The maximum atomic E-state index is 13.3. The van der Waals surface area contributed by atoms with E-state index in [4.69, 9.17) is 4.74 Å². The lowest BCUT2D eigenvalue weighted by molar-refractivity contribution is -0.130. The summed E-state index contributed by atoms with van der Waals surface area (Å²) in [5, 5.41) is 5.17. The highest BCUT2D eigenvalue weighted by Gasteiger charge is 2.16. The number of nitrogens with zero attached hydrogens (tertiary/aromatic N) is 1. The molecule has 35 heavy (non-hydrogen) atoms. The van der Waals surface area contributed by atoms with Gasteiger partial charge >= 0.3 is 6.09 Å². The molecular weight excluding hydrogens is 436 g/mol. The third kappa shape index (κ3) is 11.6. The number of amides is 2. The molecule has 0 bridgehead atoms. The molecule has 1 N–H and O–H groups in total. The second-order valence-corrected chi connectivity index (χ2v) is 10.5. The zero-order valence-electron chi connectivity index (χ0n) is 22.4. The third-order valence-corrected chi connectivity index (χ3v) is 6.13. The van der Waals surface area contributed by atoms with Gasteiger partial charge in [-0.3, -0.25) is 4.79 Å². The van der Waals surface area contributed by atoms with Gasteiger partial charge in [-0.05, 0) is 56.4 Å². The molecule has 0 heterocycles. The molecule has 0 saturated heterocycles. The van der Waals surface area contributed by atoms with E-state index in [1.54, 1.807) is 0 Å². The summed E-state index contributed by atoms with van der Waals surface area (Å²) in [6.45, 7) is 10.1. The number of ether oxygens (including phenoxy) is 1. The van der Waals surface area contributed by atoms with E-state index >= 15 is 0 Å². The first kappa shape index (κ1) is 28.7. The first-order chi connectivity index (χ1) is 16.8. The van der Waals surface area contributed by atoms with Crippen molar-refractivity contribution >= 4 is 22.8 Å². The molecule has 0 saturated carbocycles. The normalized spacial score (nSPS) is 11.4. The molecule has 2 amide bonds. The molecule has 2 aromatic carbocycles. The molecule has 0 radical (unpaired) electrons. The van der Waals surface area contributed by atoms with Crippen LogP contribution in [0.25, 0.3) is 10.8 Å². The van der Waals surface area contributed by atoms with E-state index < -0.39 is 5.60 Å². The first-order valence-corrected chi connectivity index (χ1v) is 13.5. The van der Waals surface area contributed by atoms with E-state index in [1.807, 2.05) is 39.0 Å². The highest BCUT2D eigenvalue weighted by atomic mass is 16.6. The van der Waals surface area contributed by atoms with Gasteiger partial charge in [0.1, 0.15) is 5.60 Å². The second-order valence-electron chi connectivity index (χ2n) is 10.5. The van der Waals surface area contributed by atoms with E-state index in [2.05, 4.69) is 41.4 Å². The van der Waals surface area contributed by atoms with Crippen molar-refractivity contribution in [2.24, 2.45) is 0 Å². The average molecular weight is 483 g/mol. The second kappa shape index (κ2) is 15.4. The van der Waals surface area contributed by atoms with Crippen molar-refractivity contribution in [3.63, 3.8) is 0 Å². The number of rotatable bonds is 15. The Kier molecular flexibility index (Phi) is 12.6. The van der Waals surface area contributed by atoms with Gasteiger partial charge in [-0.1, -0.05) is 87.9 Å². The van der Waals surface area contributed by atoms with Gasteiger partial charge in [-0.2, -0.15) is 0 Å². The van der Waals surface area contributed by atoms with Gasteiger partial charge < -0.3 is 15.0 Å². The van der Waals surface area contributed by atoms with E-state index in [0.717, 1.165) is 50.8 Å². The van der Waals surface area contributed by atoms with Crippen LogP contribution in [0.15, 0.2) is 42.5 Å². The van der Waals surface area contributed by atoms with Crippen LogP contribution in [0.5, 0.6) is 0 Å². The van der Waals surface area contributed by atoms with Crippen molar-refractivity contribution in [3.8, 4) is 0 Å². The van der Waals surface area contributed by atoms with Crippen LogP contribution in [-0.4, -0.2) is 42.1 Å². The molecule has 0 fully saturated rings. The van der Waals surface area contributed by atoms with Crippen LogP contribution < -0.4 is 5.32 Å². The summed E-state index contributed by atoms with van der Waals surface area (Å²) in [5.74, 6) is 0.225. The number of alkyl carbamates (subject to hydrolysis) is 1. The van der Waals surface area contributed by atoms with Crippen LogP contribution in [0, 0.1) is 0 Å². The van der Waals surface area contributed by atoms with Gasteiger partial charge in [0.25, 0.3) is 0 Å². The molecule has 0 aliphatic carbocycles. The number of unbranched alkanes of at least 4 members (excludes halogenated alkanes) is 7. The van der Waals surface area contributed by atoms with Gasteiger partial charge in [-0.15, -0.1) is 0 Å². The molecule has 0 spiro atoms. The molecule has 0 aliphatic heterocycles. The van der Waals surface area contributed by atoms with Crippen LogP contribution in [0.2, 0.25) is 0 Å². The Bertz CT molecular complexity index is 899. The highest BCUT2D eigenvalue weighted by molar-refractivity contribution is 5.90. The zero-order valence-corrected chi connectivity index (χ0v) is 22.4. The van der Waals surface area contributed by atoms with Crippen molar-refractivity contribution in [1.82, 2.24) is 10.2 Å². The minimum absolute atomic E-state index is 0.225. The van der Waals surface area contributed by atoms with Crippen LogP contribution in [0.3, 0.4) is 0 Å². The third-order valence-electron chi connectivity index (χ3n) is 6.13. The Labute approximate surface area is 212 Å². The first-order valence-electron chi connectivity index (χ1n) is 13.5. The van der Waals surface area contributed by atoms with Crippen molar-refractivity contribution in [2.75, 3.05) is 19.6 Å². The maximum absolute atomic E-state index is 13.3. The van der Waals surface area contributed by atoms with E-state index in [9.17, 15) is 9.59 Å². The molecule has 5 heteroatoms. The fourth-order valence-corrected chi connectivity index (χ4v) is 4.27. The molecule has 2 rings (SSSR count). The van der Waals surface area contributed by atoms with Gasteiger partial charge in [0.2, 0.25) is 5.91 Å². The van der Waals surface area contributed by atoms with Crippen LogP contribution in [0.4, 0.5) is 4.79 Å². The van der Waals surface area contributed by atoms with Gasteiger partial charge in [0, 0.05) is 19.6 Å². The van der Waals surface area contributed by atoms with E-state index in [0.29, 0.717) is 13.0 Å². The Morgan fingerprint density at radius 2 is 1.46 bits per heavy atom. The fourth-order valence-electron chi connectivity index (χ4n) is 4.27. The maximum Gasteiger partial charge on any atom is 0.407 e. The number of nitrogens with one attached hydrogen (secondary N) is 1. The Morgan fingerprint density at radius 3 is 2.14 bits per heavy atom. The number of hydrogen-bond donors (Lipinski definition) is 1. The number of carbonyl (C=O) groups excluding carboxylic acids is 2. The number of fused-ring (bicyclic) bond motifs is 1. The molecule has 194 valence electrons. The summed E-state index contributed by atoms with van der Waals surface area (Å²) in [7, 11) is 0. The summed E-state index contributed by atoms with van der Waals surface area (Å²) in [6, 6.07) is 14.5. The van der Waals surface area contributed by atoms with Crippen LogP contribution in [0.1, 0.15) is 91.0 Å². The lowest BCUT2D eigenvalue weighted by Crippen LogP contribution is -2.34. The minimum Gasteiger partial charge on any atom is -0.444 e. The van der Waals surface area contributed by atoms with E-state index in [1.165, 1.54) is 36.5 Å². The average Bonchev–Trinajstić information content (AvgIpc) is 2.81. The van der Waals surface area contributed by atoms with Crippen molar-refractivity contribution < 1.29 is 14.3 Å². The predicted octanol–water partition coefficient (Wildman–Crippen LogP) is 7.27. The fraction of sp³-hybridized carbons (Fsp3) is 0.600. The molecule has 0 aromatic heterocycles.